The van der Waals surface area contributed by atoms with E-state index in [0.29, 0.717) is 6.16 Å². The molecule has 1 heterocycles. The van der Waals surface area contributed by atoms with Crippen LogP contribution in [-0.4, -0.2) is 6.66 Å². The van der Waals surface area contributed by atoms with Crippen molar-refractivity contribution in [3.05, 3.63) is 54.1 Å². The number of rotatable bonds is 0. The molecule has 0 spiro atoms. The third-order valence-electron chi connectivity index (χ3n) is 3.19. The maximum atomic E-state index is 12.6. The Bertz CT molecular complexity index is 601. The fourth-order valence-corrected chi connectivity index (χ4v) is 4.65. The predicted octanol–water partition coefficient (Wildman–Crippen LogP) is 3.49. The summed E-state index contributed by atoms with van der Waals surface area (Å²) in [6, 6.07) is 16.3. The normalized spacial score (nSPS) is 22.3. The number of hydrogen-bond acceptors (Lipinski definition) is 1. The zero-order valence-corrected chi connectivity index (χ0v) is 10.1. The maximum absolute atomic E-state index is 12.6. The Labute approximate surface area is 95.5 Å². The Morgan fingerprint density at radius 2 is 1.56 bits per heavy atom. The number of benzene rings is 2. The molecule has 1 aliphatic heterocycles. The third-order valence-corrected chi connectivity index (χ3v) is 5.55. The molecule has 1 atom stereocenters. The Morgan fingerprint density at radius 3 is 2.38 bits per heavy atom. The topological polar surface area (TPSA) is 17.1 Å². The Morgan fingerprint density at radius 1 is 0.938 bits per heavy atom. The van der Waals surface area contributed by atoms with Crippen molar-refractivity contribution in [1.29, 1.82) is 0 Å². The zero-order chi connectivity index (χ0) is 11.2. The molecule has 0 radical (unpaired) electrons. The second kappa shape index (κ2) is 3.33. The van der Waals surface area contributed by atoms with Crippen molar-refractivity contribution in [2.75, 3.05) is 6.66 Å². The molecule has 80 valence electrons. The van der Waals surface area contributed by atoms with E-state index in [0.717, 1.165) is 10.9 Å². The van der Waals surface area contributed by atoms with Gasteiger partial charge in [0.2, 0.25) is 0 Å². The minimum absolute atomic E-state index is 0.695. The Hall–Kier alpha value is -1.33. The summed E-state index contributed by atoms with van der Waals surface area (Å²) in [7, 11) is -2.21. The summed E-state index contributed by atoms with van der Waals surface area (Å²) >= 11 is 0. The van der Waals surface area contributed by atoms with Crippen LogP contribution in [0.2, 0.25) is 0 Å². The molecule has 0 N–H and O–H groups in total. The molecule has 2 aromatic rings. The van der Waals surface area contributed by atoms with E-state index in [1.165, 1.54) is 11.1 Å². The van der Waals surface area contributed by atoms with Crippen LogP contribution >= 0.6 is 7.14 Å². The molecular formula is C14H13OP. The average Bonchev–Trinajstić information content (AvgIpc) is 2.29. The van der Waals surface area contributed by atoms with E-state index in [1.807, 2.05) is 37.0 Å². The highest BCUT2D eigenvalue weighted by atomic mass is 31.2. The monoisotopic (exact) mass is 228 g/mol. The van der Waals surface area contributed by atoms with Crippen molar-refractivity contribution in [3.8, 4) is 11.1 Å². The van der Waals surface area contributed by atoms with Gasteiger partial charge in [-0.2, -0.15) is 0 Å². The molecule has 0 amide bonds. The molecule has 0 saturated carbocycles. The quantitative estimate of drug-likeness (QED) is 0.631. The lowest BCUT2D eigenvalue weighted by Crippen LogP contribution is -2.14. The van der Waals surface area contributed by atoms with Crippen molar-refractivity contribution >= 4 is 12.4 Å². The van der Waals surface area contributed by atoms with Gasteiger partial charge in [-0.05, 0) is 23.4 Å². The first-order valence-corrected chi connectivity index (χ1v) is 7.77. The molecule has 0 fully saturated rings. The summed E-state index contributed by atoms with van der Waals surface area (Å²) in [5.41, 5.74) is 3.61. The lowest BCUT2D eigenvalue weighted by atomic mass is 10.0. The Kier molecular flexibility index (Phi) is 2.05. The highest BCUT2D eigenvalue weighted by Crippen LogP contribution is 2.51. The van der Waals surface area contributed by atoms with Gasteiger partial charge in [0, 0.05) is 11.5 Å². The molecule has 2 heteroatoms. The van der Waals surface area contributed by atoms with Crippen molar-refractivity contribution in [3.63, 3.8) is 0 Å². The van der Waals surface area contributed by atoms with Gasteiger partial charge < -0.3 is 4.57 Å². The van der Waals surface area contributed by atoms with E-state index in [4.69, 9.17) is 0 Å². The van der Waals surface area contributed by atoms with Crippen LogP contribution in [0.25, 0.3) is 11.1 Å². The van der Waals surface area contributed by atoms with Crippen LogP contribution in [0.3, 0.4) is 0 Å². The van der Waals surface area contributed by atoms with Gasteiger partial charge in [-0.25, -0.2) is 0 Å². The van der Waals surface area contributed by atoms with Gasteiger partial charge in [-0.3, -0.25) is 0 Å². The molecule has 16 heavy (non-hydrogen) atoms. The van der Waals surface area contributed by atoms with Crippen LogP contribution in [-0.2, 0) is 10.7 Å². The zero-order valence-electron chi connectivity index (χ0n) is 9.18. The van der Waals surface area contributed by atoms with Gasteiger partial charge in [0.15, 0.2) is 0 Å². The molecule has 1 unspecified atom stereocenters. The first-order valence-electron chi connectivity index (χ1n) is 5.43. The van der Waals surface area contributed by atoms with Gasteiger partial charge in [-0.1, -0.05) is 48.5 Å². The van der Waals surface area contributed by atoms with E-state index in [-0.39, 0.29) is 0 Å². The van der Waals surface area contributed by atoms with Crippen LogP contribution in [0, 0.1) is 0 Å². The first-order chi connectivity index (χ1) is 7.68. The summed E-state index contributed by atoms with van der Waals surface area (Å²) in [6.45, 7) is 1.89. The average molecular weight is 228 g/mol. The van der Waals surface area contributed by atoms with E-state index in [1.54, 1.807) is 0 Å². The fraction of sp³-hybridized carbons (Fsp3) is 0.143. The molecule has 3 rings (SSSR count). The molecule has 0 bridgehead atoms. The molecule has 0 aromatic heterocycles. The van der Waals surface area contributed by atoms with E-state index < -0.39 is 7.14 Å². The van der Waals surface area contributed by atoms with Crippen LogP contribution in [0.15, 0.2) is 48.5 Å². The SMILES string of the molecule is CP1(=O)Cc2ccccc2-c2ccccc21. The minimum Gasteiger partial charge on any atom is -0.319 e. The van der Waals surface area contributed by atoms with E-state index in [9.17, 15) is 4.57 Å². The van der Waals surface area contributed by atoms with Gasteiger partial charge >= 0.3 is 0 Å². The Balaban J connectivity index is 2.38. The number of hydrogen-bond donors (Lipinski definition) is 0. The lowest BCUT2D eigenvalue weighted by Gasteiger charge is -2.25. The van der Waals surface area contributed by atoms with Gasteiger partial charge in [0.1, 0.15) is 7.14 Å². The smallest absolute Gasteiger partial charge is 0.117 e. The summed E-state index contributed by atoms with van der Waals surface area (Å²) < 4.78 is 12.6. The number of fused-ring (bicyclic) bond motifs is 3. The summed E-state index contributed by atoms with van der Waals surface area (Å²) in [5.74, 6) is 0. The summed E-state index contributed by atoms with van der Waals surface area (Å²) in [4.78, 5) is 0. The molecular weight excluding hydrogens is 215 g/mol. The molecule has 1 aliphatic rings. The lowest BCUT2D eigenvalue weighted by molar-refractivity contribution is 0.584. The third kappa shape index (κ3) is 1.36. The second-order valence-electron chi connectivity index (χ2n) is 4.43. The maximum Gasteiger partial charge on any atom is 0.117 e. The van der Waals surface area contributed by atoms with Crippen molar-refractivity contribution in [2.24, 2.45) is 0 Å². The van der Waals surface area contributed by atoms with Crippen molar-refractivity contribution in [2.45, 2.75) is 6.16 Å². The highest BCUT2D eigenvalue weighted by molar-refractivity contribution is 7.70. The van der Waals surface area contributed by atoms with E-state index in [2.05, 4.69) is 18.2 Å². The van der Waals surface area contributed by atoms with Crippen LogP contribution in [0.1, 0.15) is 5.56 Å². The van der Waals surface area contributed by atoms with Gasteiger partial charge in [0.05, 0.1) is 0 Å². The first kappa shape index (κ1) is 9.86. The molecule has 1 nitrogen and oxygen atoms in total. The second-order valence-corrected chi connectivity index (χ2v) is 7.43. The van der Waals surface area contributed by atoms with Crippen LogP contribution in [0.5, 0.6) is 0 Å². The molecule has 0 saturated heterocycles. The molecule has 0 aliphatic carbocycles. The predicted molar refractivity (Wildman–Crippen MR) is 68.7 cm³/mol. The summed E-state index contributed by atoms with van der Waals surface area (Å²) in [5, 5.41) is 1.04. The van der Waals surface area contributed by atoms with Crippen molar-refractivity contribution in [1.82, 2.24) is 0 Å². The van der Waals surface area contributed by atoms with Gasteiger partial charge in [-0.15, -0.1) is 0 Å². The fourth-order valence-electron chi connectivity index (χ4n) is 2.45. The largest absolute Gasteiger partial charge is 0.319 e. The highest BCUT2D eigenvalue weighted by Gasteiger charge is 2.28. The van der Waals surface area contributed by atoms with Crippen LogP contribution in [0.4, 0.5) is 0 Å². The van der Waals surface area contributed by atoms with Gasteiger partial charge in [0.25, 0.3) is 0 Å². The summed E-state index contributed by atoms with van der Waals surface area (Å²) in [6.07, 6.45) is 0.695. The standard InChI is InChI=1S/C14H13OP/c1-16(15)10-11-6-2-3-7-12(11)13-8-4-5-9-14(13)16/h2-9H,10H2,1H3. The van der Waals surface area contributed by atoms with Crippen LogP contribution < -0.4 is 5.30 Å². The molecule has 2 aromatic carbocycles. The van der Waals surface area contributed by atoms with Crippen molar-refractivity contribution < 1.29 is 4.57 Å². The minimum atomic E-state index is -2.21. The van der Waals surface area contributed by atoms with E-state index >= 15 is 0 Å².